The summed E-state index contributed by atoms with van der Waals surface area (Å²) in [6.07, 6.45) is 3.52. The van der Waals surface area contributed by atoms with Crippen LogP contribution < -0.4 is 4.90 Å². The van der Waals surface area contributed by atoms with Crippen molar-refractivity contribution >= 4 is 22.4 Å². The van der Waals surface area contributed by atoms with Crippen molar-refractivity contribution in [3.05, 3.63) is 22.9 Å². The number of alkyl halides is 2. The lowest BCUT2D eigenvalue weighted by molar-refractivity contribution is 0.0257. The molecule has 1 saturated heterocycles. The van der Waals surface area contributed by atoms with Gasteiger partial charge in [-0.3, -0.25) is 4.68 Å². The third-order valence-electron chi connectivity index (χ3n) is 5.09. The molecule has 1 N–H and O–H groups in total. The van der Waals surface area contributed by atoms with E-state index < -0.39 is 12.0 Å². The van der Waals surface area contributed by atoms with Crippen LogP contribution in [0.15, 0.2) is 17.4 Å². The van der Waals surface area contributed by atoms with Crippen molar-refractivity contribution < 1.29 is 8.78 Å². The summed E-state index contributed by atoms with van der Waals surface area (Å²) < 4.78 is 29.0. The molecule has 1 unspecified atom stereocenters. The van der Waals surface area contributed by atoms with Gasteiger partial charge in [-0.15, -0.1) is 0 Å². The summed E-state index contributed by atoms with van der Waals surface area (Å²) in [5.74, 6) is -1.80. The average Bonchev–Trinajstić information content (AvgIpc) is 3.30. The molecule has 9 heteroatoms. The van der Waals surface area contributed by atoms with Crippen LogP contribution in [0.5, 0.6) is 0 Å². The maximum atomic E-state index is 13.7. The lowest BCUT2D eigenvalue weighted by Gasteiger charge is -2.19. The van der Waals surface area contributed by atoms with Gasteiger partial charge < -0.3 is 10.3 Å². The van der Waals surface area contributed by atoms with Gasteiger partial charge in [-0.1, -0.05) is 5.18 Å². The Morgan fingerprint density at radius 3 is 2.88 bits per heavy atom. The molecule has 1 aliphatic heterocycles. The Hall–Kier alpha value is -2.45. The Morgan fingerprint density at radius 2 is 2.27 bits per heavy atom. The van der Waals surface area contributed by atoms with E-state index in [9.17, 15) is 13.7 Å². The standard InChI is InChI=1S/C17H20F2N6O/c1-10(23-26)13(20)8-25-15-6-14(11-2-3-11)22-16(12(15)7-21-25)24-5-4-17(18,19)9-24/h6-7,10-11,20H,2-5,8-9H2,1H3. The van der Waals surface area contributed by atoms with Crippen LogP contribution in [0, 0.1) is 10.3 Å². The van der Waals surface area contributed by atoms with Gasteiger partial charge in [-0.2, -0.15) is 10.0 Å². The van der Waals surface area contributed by atoms with Crippen molar-refractivity contribution in [2.45, 2.75) is 50.6 Å². The second-order valence-electron chi connectivity index (χ2n) is 7.21. The summed E-state index contributed by atoms with van der Waals surface area (Å²) in [4.78, 5) is 17.0. The number of halogens is 2. The molecule has 0 radical (unpaired) electrons. The van der Waals surface area contributed by atoms with Gasteiger partial charge in [0.05, 0.1) is 35.9 Å². The smallest absolute Gasteiger partial charge is 0.266 e. The average molecular weight is 362 g/mol. The summed E-state index contributed by atoms with van der Waals surface area (Å²) in [5, 5.41) is 15.9. The largest absolute Gasteiger partial charge is 0.350 e. The number of pyridine rings is 1. The van der Waals surface area contributed by atoms with Crippen LogP contribution >= 0.6 is 0 Å². The molecule has 26 heavy (non-hydrogen) atoms. The molecule has 2 aliphatic rings. The zero-order valence-corrected chi connectivity index (χ0v) is 14.5. The molecule has 138 valence electrons. The van der Waals surface area contributed by atoms with Gasteiger partial charge in [0, 0.05) is 24.6 Å². The first kappa shape index (κ1) is 17.0. The minimum Gasteiger partial charge on any atom is -0.350 e. The molecule has 1 aliphatic carbocycles. The maximum Gasteiger partial charge on any atom is 0.266 e. The Kier molecular flexibility index (Phi) is 3.96. The summed E-state index contributed by atoms with van der Waals surface area (Å²) in [5.41, 5.74) is 1.80. The van der Waals surface area contributed by atoms with Gasteiger partial charge in [-0.25, -0.2) is 13.8 Å². The van der Waals surface area contributed by atoms with Crippen molar-refractivity contribution in [2.24, 2.45) is 5.18 Å². The van der Waals surface area contributed by atoms with E-state index in [4.69, 9.17) is 5.41 Å². The SMILES string of the molecule is CC(N=O)C(=N)Cn1ncc2c(N3CCC(F)(F)C3)nc(C3CC3)cc21. The molecule has 1 atom stereocenters. The molecule has 0 bridgehead atoms. The second-order valence-corrected chi connectivity index (χ2v) is 7.21. The highest BCUT2D eigenvalue weighted by Gasteiger charge is 2.40. The Labute approximate surface area is 148 Å². The van der Waals surface area contributed by atoms with Crippen molar-refractivity contribution in [1.29, 1.82) is 5.41 Å². The van der Waals surface area contributed by atoms with E-state index in [1.165, 1.54) is 0 Å². The molecule has 4 rings (SSSR count). The highest BCUT2D eigenvalue weighted by Crippen LogP contribution is 2.42. The van der Waals surface area contributed by atoms with Gasteiger partial charge in [-0.05, 0) is 25.8 Å². The summed E-state index contributed by atoms with van der Waals surface area (Å²) >= 11 is 0. The number of hydrogen-bond donors (Lipinski definition) is 1. The quantitative estimate of drug-likeness (QED) is 0.631. The molecule has 2 aromatic heterocycles. The molecule has 0 spiro atoms. The van der Waals surface area contributed by atoms with E-state index in [2.05, 4.69) is 15.3 Å². The van der Waals surface area contributed by atoms with Crippen molar-refractivity contribution in [3.63, 3.8) is 0 Å². The first-order valence-corrected chi connectivity index (χ1v) is 8.77. The van der Waals surface area contributed by atoms with Gasteiger partial charge in [0.2, 0.25) is 0 Å². The minimum absolute atomic E-state index is 0.139. The molecule has 2 aromatic rings. The molecule has 7 nitrogen and oxygen atoms in total. The predicted octanol–water partition coefficient (Wildman–Crippen LogP) is 3.33. The van der Waals surface area contributed by atoms with Crippen LogP contribution in [0.1, 0.15) is 37.8 Å². The Balaban J connectivity index is 1.75. The Bertz CT molecular complexity index is 876. The summed E-state index contributed by atoms with van der Waals surface area (Å²) in [6.45, 7) is 1.63. The van der Waals surface area contributed by atoms with Crippen LogP contribution in [-0.2, 0) is 6.54 Å². The summed E-state index contributed by atoms with van der Waals surface area (Å²) in [6, 6.07) is 1.21. The molecular weight excluding hydrogens is 342 g/mol. The monoisotopic (exact) mass is 362 g/mol. The molecule has 0 amide bonds. The maximum absolute atomic E-state index is 13.7. The normalized spacial score (nSPS) is 20.5. The molecule has 1 saturated carbocycles. The molecular formula is C17H20F2N6O. The van der Waals surface area contributed by atoms with Gasteiger partial charge in [0.25, 0.3) is 5.92 Å². The van der Waals surface area contributed by atoms with E-state index in [1.807, 2.05) is 6.07 Å². The number of nitrogens with one attached hydrogen (secondary N) is 1. The van der Waals surface area contributed by atoms with Gasteiger partial charge in [0.15, 0.2) is 0 Å². The van der Waals surface area contributed by atoms with Crippen molar-refractivity contribution in [2.75, 3.05) is 18.0 Å². The van der Waals surface area contributed by atoms with E-state index >= 15 is 0 Å². The number of nitrogens with zero attached hydrogens (tertiary/aromatic N) is 5. The van der Waals surface area contributed by atoms with Crippen LogP contribution in [0.3, 0.4) is 0 Å². The fraction of sp³-hybridized carbons (Fsp3) is 0.588. The lowest BCUT2D eigenvalue weighted by atomic mass is 10.2. The van der Waals surface area contributed by atoms with E-state index in [0.717, 1.165) is 24.1 Å². The first-order chi connectivity index (χ1) is 12.4. The van der Waals surface area contributed by atoms with Crippen molar-refractivity contribution in [1.82, 2.24) is 14.8 Å². The highest BCUT2D eigenvalue weighted by atomic mass is 19.3. The number of anilines is 1. The van der Waals surface area contributed by atoms with Gasteiger partial charge >= 0.3 is 0 Å². The fourth-order valence-electron chi connectivity index (χ4n) is 3.30. The van der Waals surface area contributed by atoms with Crippen LogP contribution in [0.25, 0.3) is 10.9 Å². The zero-order valence-electron chi connectivity index (χ0n) is 14.5. The zero-order chi connectivity index (χ0) is 18.5. The Morgan fingerprint density at radius 1 is 1.50 bits per heavy atom. The number of nitroso groups, excluding NO2 is 1. The topological polar surface area (TPSA) is 87.2 Å². The number of hydrogen-bond acceptors (Lipinski definition) is 6. The second kappa shape index (κ2) is 6.07. The third-order valence-corrected chi connectivity index (χ3v) is 5.09. The molecule has 2 fully saturated rings. The number of fused-ring (bicyclic) bond motifs is 1. The third kappa shape index (κ3) is 3.06. The predicted molar refractivity (Wildman–Crippen MR) is 94.3 cm³/mol. The molecule has 3 heterocycles. The lowest BCUT2D eigenvalue weighted by Crippen LogP contribution is -2.26. The highest BCUT2D eigenvalue weighted by molar-refractivity contribution is 5.92. The van der Waals surface area contributed by atoms with Crippen LogP contribution in [-0.4, -0.2) is 45.5 Å². The summed E-state index contributed by atoms with van der Waals surface area (Å²) in [7, 11) is 0. The number of aromatic nitrogens is 3. The minimum atomic E-state index is -2.70. The van der Waals surface area contributed by atoms with Crippen molar-refractivity contribution in [3.8, 4) is 0 Å². The van der Waals surface area contributed by atoms with E-state index in [-0.39, 0.29) is 31.8 Å². The van der Waals surface area contributed by atoms with Crippen LogP contribution in [0.2, 0.25) is 0 Å². The fourth-order valence-corrected chi connectivity index (χ4v) is 3.30. The van der Waals surface area contributed by atoms with Crippen LogP contribution in [0.4, 0.5) is 14.6 Å². The van der Waals surface area contributed by atoms with E-state index in [0.29, 0.717) is 17.1 Å². The number of rotatable bonds is 6. The van der Waals surface area contributed by atoms with E-state index in [1.54, 1.807) is 22.7 Å². The molecule has 0 aromatic carbocycles. The first-order valence-electron chi connectivity index (χ1n) is 8.77. The van der Waals surface area contributed by atoms with Gasteiger partial charge in [0.1, 0.15) is 11.9 Å².